The van der Waals surface area contributed by atoms with E-state index in [1.165, 1.54) is 0 Å². The highest BCUT2D eigenvalue weighted by Crippen LogP contribution is 2.22. The molecule has 3 rings (SSSR count). The van der Waals surface area contributed by atoms with Crippen molar-refractivity contribution in [2.75, 3.05) is 0 Å². The number of benzene rings is 2. The lowest BCUT2D eigenvalue weighted by Crippen LogP contribution is -2.11. The summed E-state index contributed by atoms with van der Waals surface area (Å²) in [7, 11) is 0. The first-order valence-electron chi connectivity index (χ1n) is 6.45. The van der Waals surface area contributed by atoms with Gasteiger partial charge >= 0.3 is 0 Å². The molecule has 0 radical (unpaired) electrons. The van der Waals surface area contributed by atoms with Crippen molar-refractivity contribution < 1.29 is 4.52 Å². The summed E-state index contributed by atoms with van der Waals surface area (Å²) in [5, 5.41) is 4.01. The average Bonchev–Trinajstić information content (AvgIpc) is 2.97. The summed E-state index contributed by atoms with van der Waals surface area (Å²) in [6.07, 6.45) is 0. The average molecular weight is 265 g/mol. The summed E-state index contributed by atoms with van der Waals surface area (Å²) in [5.74, 6) is 0.989. The van der Waals surface area contributed by atoms with E-state index in [1.807, 2.05) is 61.5 Å². The zero-order valence-corrected chi connectivity index (χ0v) is 11.2. The molecule has 20 heavy (non-hydrogen) atoms. The second-order valence-corrected chi connectivity index (χ2v) is 4.71. The number of nitrogens with zero attached hydrogens (tertiary/aromatic N) is 2. The van der Waals surface area contributed by atoms with Gasteiger partial charge in [-0.05, 0) is 18.6 Å². The molecule has 2 N–H and O–H groups in total. The summed E-state index contributed by atoms with van der Waals surface area (Å²) >= 11 is 0. The molecule has 0 spiro atoms. The van der Waals surface area contributed by atoms with Crippen LogP contribution in [0.2, 0.25) is 0 Å². The van der Waals surface area contributed by atoms with E-state index < -0.39 is 6.04 Å². The second-order valence-electron chi connectivity index (χ2n) is 4.71. The van der Waals surface area contributed by atoms with Crippen LogP contribution in [0.5, 0.6) is 0 Å². The third-order valence-electron chi connectivity index (χ3n) is 3.14. The second kappa shape index (κ2) is 5.27. The molecule has 1 aromatic heterocycles. The number of nitrogens with two attached hydrogens (primary N) is 1. The van der Waals surface area contributed by atoms with E-state index in [0.29, 0.717) is 11.7 Å². The highest BCUT2D eigenvalue weighted by atomic mass is 16.5. The van der Waals surface area contributed by atoms with E-state index in [4.69, 9.17) is 10.3 Å². The maximum absolute atomic E-state index is 6.14. The molecule has 0 aliphatic carbocycles. The van der Waals surface area contributed by atoms with Gasteiger partial charge in [-0.25, -0.2) is 0 Å². The maximum Gasteiger partial charge on any atom is 0.248 e. The molecule has 2 aromatic carbocycles. The van der Waals surface area contributed by atoms with Gasteiger partial charge in [-0.15, -0.1) is 0 Å². The molecule has 0 saturated heterocycles. The zero-order chi connectivity index (χ0) is 13.9. The van der Waals surface area contributed by atoms with E-state index >= 15 is 0 Å². The van der Waals surface area contributed by atoms with Crippen LogP contribution in [-0.4, -0.2) is 10.1 Å². The Morgan fingerprint density at radius 2 is 1.85 bits per heavy atom. The Balaban J connectivity index is 1.91. The molecule has 4 heteroatoms. The number of aromatic nitrogens is 2. The van der Waals surface area contributed by atoms with Crippen LogP contribution in [0.4, 0.5) is 0 Å². The maximum atomic E-state index is 6.14. The van der Waals surface area contributed by atoms with Gasteiger partial charge in [-0.3, -0.25) is 0 Å². The Labute approximate surface area is 117 Å². The lowest BCUT2D eigenvalue weighted by atomic mass is 10.1. The standard InChI is InChI=1S/C16H15N3O/c1-11-6-5-9-13(10-11)15-18-16(20-19-15)14(17)12-7-3-2-4-8-12/h2-10,14H,17H2,1H3/t14-/m0/s1. The molecule has 0 bridgehead atoms. The van der Waals surface area contributed by atoms with Crippen LogP contribution in [0, 0.1) is 6.92 Å². The quantitative estimate of drug-likeness (QED) is 0.790. The Kier molecular flexibility index (Phi) is 3.31. The first-order chi connectivity index (χ1) is 9.74. The van der Waals surface area contributed by atoms with Crippen LogP contribution in [0.3, 0.4) is 0 Å². The fourth-order valence-corrected chi connectivity index (χ4v) is 2.07. The number of aryl methyl sites for hydroxylation is 1. The van der Waals surface area contributed by atoms with Crippen LogP contribution in [0.15, 0.2) is 59.1 Å². The summed E-state index contributed by atoms with van der Waals surface area (Å²) < 4.78 is 5.29. The van der Waals surface area contributed by atoms with Crippen molar-refractivity contribution >= 4 is 0 Å². The molecule has 0 unspecified atom stereocenters. The lowest BCUT2D eigenvalue weighted by Gasteiger charge is -2.05. The Morgan fingerprint density at radius 1 is 1.05 bits per heavy atom. The summed E-state index contributed by atoms with van der Waals surface area (Å²) in [6.45, 7) is 2.03. The molecular formula is C16H15N3O. The smallest absolute Gasteiger partial charge is 0.248 e. The molecule has 100 valence electrons. The molecule has 0 aliphatic rings. The summed E-state index contributed by atoms with van der Waals surface area (Å²) in [5.41, 5.74) is 9.18. The number of hydrogen-bond donors (Lipinski definition) is 1. The van der Waals surface area contributed by atoms with Gasteiger partial charge in [-0.1, -0.05) is 59.3 Å². The molecule has 1 heterocycles. The fraction of sp³-hybridized carbons (Fsp3) is 0.125. The lowest BCUT2D eigenvalue weighted by molar-refractivity contribution is 0.367. The molecule has 0 aliphatic heterocycles. The van der Waals surface area contributed by atoms with Gasteiger partial charge in [0.15, 0.2) is 0 Å². The largest absolute Gasteiger partial charge is 0.337 e. The minimum Gasteiger partial charge on any atom is -0.337 e. The fourth-order valence-electron chi connectivity index (χ4n) is 2.07. The number of rotatable bonds is 3. The monoisotopic (exact) mass is 265 g/mol. The van der Waals surface area contributed by atoms with E-state index in [-0.39, 0.29) is 0 Å². The van der Waals surface area contributed by atoms with E-state index in [9.17, 15) is 0 Å². The number of hydrogen-bond acceptors (Lipinski definition) is 4. The minimum atomic E-state index is -0.401. The van der Waals surface area contributed by atoms with Crippen molar-refractivity contribution in [2.24, 2.45) is 5.73 Å². The molecule has 0 amide bonds. The van der Waals surface area contributed by atoms with Crippen LogP contribution >= 0.6 is 0 Å². The predicted molar refractivity (Wildman–Crippen MR) is 76.9 cm³/mol. The van der Waals surface area contributed by atoms with Crippen molar-refractivity contribution in [1.29, 1.82) is 0 Å². The van der Waals surface area contributed by atoms with E-state index in [1.54, 1.807) is 0 Å². The first-order valence-corrected chi connectivity index (χ1v) is 6.45. The minimum absolute atomic E-state index is 0.401. The van der Waals surface area contributed by atoms with E-state index in [0.717, 1.165) is 16.7 Å². The van der Waals surface area contributed by atoms with Crippen molar-refractivity contribution in [2.45, 2.75) is 13.0 Å². The first kappa shape index (κ1) is 12.6. The van der Waals surface area contributed by atoms with Crippen LogP contribution < -0.4 is 5.73 Å². The van der Waals surface area contributed by atoms with E-state index in [2.05, 4.69) is 10.1 Å². The van der Waals surface area contributed by atoms with Gasteiger partial charge in [-0.2, -0.15) is 4.98 Å². The van der Waals surface area contributed by atoms with Crippen molar-refractivity contribution in [3.63, 3.8) is 0 Å². The van der Waals surface area contributed by atoms with Gasteiger partial charge in [0, 0.05) is 5.56 Å². The Hall–Kier alpha value is -2.46. The van der Waals surface area contributed by atoms with Gasteiger partial charge in [0.05, 0.1) is 0 Å². The molecule has 3 aromatic rings. The normalized spacial score (nSPS) is 12.3. The van der Waals surface area contributed by atoms with Gasteiger partial charge in [0.1, 0.15) is 6.04 Å². The van der Waals surface area contributed by atoms with Crippen LogP contribution in [0.25, 0.3) is 11.4 Å². The topological polar surface area (TPSA) is 64.9 Å². The Bertz CT molecular complexity index is 707. The third kappa shape index (κ3) is 2.46. The highest BCUT2D eigenvalue weighted by molar-refractivity contribution is 5.55. The highest BCUT2D eigenvalue weighted by Gasteiger charge is 2.17. The predicted octanol–water partition coefficient (Wildman–Crippen LogP) is 3.09. The third-order valence-corrected chi connectivity index (χ3v) is 3.14. The molecule has 0 saturated carbocycles. The van der Waals surface area contributed by atoms with Crippen LogP contribution in [-0.2, 0) is 0 Å². The summed E-state index contributed by atoms with van der Waals surface area (Å²) in [4.78, 5) is 4.40. The molecule has 4 nitrogen and oxygen atoms in total. The van der Waals surface area contributed by atoms with Crippen molar-refractivity contribution in [3.05, 3.63) is 71.6 Å². The van der Waals surface area contributed by atoms with Crippen molar-refractivity contribution in [1.82, 2.24) is 10.1 Å². The van der Waals surface area contributed by atoms with Crippen LogP contribution in [0.1, 0.15) is 23.1 Å². The van der Waals surface area contributed by atoms with Gasteiger partial charge < -0.3 is 10.3 Å². The summed E-state index contributed by atoms with van der Waals surface area (Å²) in [6, 6.07) is 17.3. The zero-order valence-electron chi connectivity index (χ0n) is 11.2. The van der Waals surface area contributed by atoms with Gasteiger partial charge in [0.25, 0.3) is 0 Å². The van der Waals surface area contributed by atoms with Gasteiger partial charge in [0.2, 0.25) is 11.7 Å². The molecule has 1 atom stereocenters. The molecular weight excluding hydrogens is 250 g/mol. The Morgan fingerprint density at radius 3 is 2.60 bits per heavy atom. The SMILES string of the molecule is Cc1cccc(-c2noc([C@@H](N)c3ccccc3)n2)c1. The van der Waals surface area contributed by atoms with Crippen molar-refractivity contribution in [3.8, 4) is 11.4 Å². The molecule has 0 fully saturated rings.